The van der Waals surface area contributed by atoms with E-state index in [1.807, 2.05) is 6.92 Å². The van der Waals surface area contributed by atoms with Crippen LogP contribution in [0.4, 0.5) is 10.2 Å². The third-order valence-electron chi connectivity index (χ3n) is 2.21. The van der Waals surface area contributed by atoms with Gasteiger partial charge in [0.2, 0.25) is 0 Å². The van der Waals surface area contributed by atoms with E-state index in [1.165, 1.54) is 6.07 Å². The van der Waals surface area contributed by atoms with Gasteiger partial charge in [-0.1, -0.05) is 0 Å². The summed E-state index contributed by atoms with van der Waals surface area (Å²) in [4.78, 5) is 12.6. The Hall–Kier alpha value is -1.31. The third kappa shape index (κ3) is 2.51. The van der Waals surface area contributed by atoms with Crippen molar-refractivity contribution in [1.82, 2.24) is 15.0 Å². The van der Waals surface area contributed by atoms with Gasteiger partial charge in [0.25, 0.3) is 0 Å². The van der Waals surface area contributed by atoms with Crippen LogP contribution in [-0.4, -0.2) is 22.0 Å². The highest BCUT2D eigenvalue weighted by atomic mass is 127. The zero-order valence-electron chi connectivity index (χ0n) is 9.33. The van der Waals surface area contributed by atoms with Gasteiger partial charge in [0.15, 0.2) is 5.82 Å². The first-order valence-corrected chi connectivity index (χ1v) is 6.03. The topological polar surface area (TPSA) is 50.7 Å². The van der Waals surface area contributed by atoms with Crippen LogP contribution in [0.1, 0.15) is 5.69 Å². The Labute approximate surface area is 112 Å². The Bertz CT molecular complexity index is 542. The van der Waals surface area contributed by atoms with E-state index in [-0.39, 0.29) is 5.82 Å². The first-order valence-electron chi connectivity index (χ1n) is 4.95. The van der Waals surface area contributed by atoms with E-state index in [4.69, 9.17) is 0 Å². The molecule has 2 aromatic rings. The SMILES string of the molecule is CNc1nc(-c2ccc(F)cn2)nc(C)c1I. The van der Waals surface area contributed by atoms with Gasteiger partial charge in [-0.2, -0.15) is 0 Å². The van der Waals surface area contributed by atoms with Gasteiger partial charge in [-0.25, -0.2) is 19.3 Å². The summed E-state index contributed by atoms with van der Waals surface area (Å²) in [6.07, 6.45) is 1.16. The number of aromatic nitrogens is 3. The standard InChI is InChI=1S/C11H10FIN4/c1-6-9(13)11(14-2)17-10(16-6)8-4-3-7(12)5-15-8/h3-5H,1-2H3,(H,14,16,17). The fraction of sp³-hybridized carbons (Fsp3) is 0.182. The summed E-state index contributed by atoms with van der Waals surface area (Å²) in [7, 11) is 1.80. The van der Waals surface area contributed by atoms with Gasteiger partial charge in [-0.3, -0.25) is 0 Å². The Morgan fingerprint density at radius 2 is 2.06 bits per heavy atom. The van der Waals surface area contributed by atoms with Gasteiger partial charge in [0.1, 0.15) is 17.3 Å². The highest BCUT2D eigenvalue weighted by Gasteiger charge is 2.10. The molecule has 6 heteroatoms. The van der Waals surface area contributed by atoms with Crippen LogP contribution in [-0.2, 0) is 0 Å². The van der Waals surface area contributed by atoms with Crippen molar-refractivity contribution in [3.63, 3.8) is 0 Å². The summed E-state index contributed by atoms with van der Waals surface area (Å²) in [5.74, 6) is 0.872. The van der Waals surface area contributed by atoms with Crippen molar-refractivity contribution in [2.75, 3.05) is 12.4 Å². The molecule has 2 aromatic heterocycles. The molecule has 0 aliphatic rings. The van der Waals surface area contributed by atoms with Gasteiger partial charge < -0.3 is 5.32 Å². The minimum absolute atomic E-state index is 0.371. The molecule has 0 fully saturated rings. The quantitative estimate of drug-likeness (QED) is 0.851. The molecule has 2 rings (SSSR count). The van der Waals surface area contributed by atoms with E-state index in [0.717, 1.165) is 21.3 Å². The van der Waals surface area contributed by atoms with Crippen molar-refractivity contribution in [1.29, 1.82) is 0 Å². The maximum absolute atomic E-state index is 12.8. The van der Waals surface area contributed by atoms with Crippen molar-refractivity contribution >= 4 is 28.4 Å². The van der Waals surface area contributed by atoms with Gasteiger partial charge >= 0.3 is 0 Å². The molecule has 0 bridgehead atoms. The van der Waals surface area contributed by atoms with Gasteiger partial charge in [-0.15, -0.1) is 0 Å². The Kier molecular flexibility index (Phi) is 3.51. The van der Waals surface area contributed by atoms with E-state index in [0.29, 0.717) is 11.5 Å². The number of rotatable bonds is 2. The summed E-state index contributed by atoms with van der Waals surface area (Å²) in [5, 5.41) is 3.00. The molecule has 2 heterocycles. The Morgan fingerprint density at radius 3 is 2.65 bits per heavy atom. The number of aryl methyl sites for hydroxylation is 1. The van der Waals surface area contributed by atoms with Crippen LogP contribution in [0.5, 0.6) is 0 Å². The molecule has 0 aliphatic carbocycles. The van der Waals surface area contributed by atoms with E-state index in [9.17, 15) is 4.39 Å². The van der Waals surface area contributed by atoms with Crippen molar-refractivity contribution < 1.29 is 4.39 Å². The first-order chi connectivity index (χ1) is 8.11. The third-order valence-corrected chi connectivity index (χ3v) is 3.50. The second kappa shape index (κ2) is 4.91. The minimum atomic E-state index is -0.371. The lowest BCUT2D eigenvalue weighted by Gasteiger charge is -2.07. The molecule has 0 amide bonds. The van der Waals surface area contributed by atoms with Crippen molar-refractivity contribution in [3.05, 3.63) is 33.4 Å². The van der Waals surface area contributed by atoms with Crippen LogP contribution in [0.15, 0.2) is 18.3 Å². The van der Waals surface area contributed by atoms with Gasteiger partial charge in [0.05, 0.1) is 15.5 Å². The molecule has 0 unspecified atom stereocenters. The number of hydrogen-bond acceptors (Lipinski definition) is 4. The summed E-state index contributed by atoms with van der Waals surface area (Å²) in [6.45, 7) is 1.90. The van der Waals surface area contributed by atoms with Crippen molar-refractivity contribution in [2.45, 2.75) is 6.92 Å². The van der Waals surface area contributed by atoms with Crippen LogP contribution in [0, 0.1) is 16.3 Å². The van der Waals surface area contributed by atoms with E-state index < -0.39 is 0 Å². The second-order valence-corrected chi connectivity index (χ2v) is 4.49. The molecule has 1 N–H and O–H groups in total. The normalized spacial score (nSPS) is 10.4. The molecule has 0 aliphatic heterocycles. The lowest BCUT2D eigenvalue weighted by molar-refractivity contribution is 0.621. The molecular formula is C11H10FIN4. The maximum Gasteiger partial charge on any atom is 0.180 e. The molecule has 88 valence electrons. The first kappa shape index (κ1) is 12.2. The Morgan fingerprint density at radius 1 is 1.29 bits per heavy atom. The molecule has 0 aromatic carbocycles. The molecule has 17 heavy (non-hydrogen) atoms. The van der Waals surface area contributed by atoms with Crippen LogP contribution in [0.3, 0.4) is 0 Å². The highest BCUT2D eigenvalue weighted by Crippen LogP contribution is 2.22. The highest BCUT2D eigenvalue weighted by molar-refractivity contribution is 14.1. The van der Waals surface area contributed by atoms with E-state index in [2.05, 4.69) is 42.9 Å². The molecule has 0 saturated carbocycles. The van der Waals surface area contributed by atoms with Crippen LogP contribution < -0.4 is 5.32 Å². The largest absolute Gasteiger partial charge is 0.372 e. The lowest BCUT2D eigenvalue weighted by atomic mass is 10.3. The maximum atomic E-state index is 12.8. The molecule has 0 saturated heterocycles. The predicted molar refractivity (Wildman–Crippen MR) is 72.2 cm³/mol. The average molecular weight is 344 g/mol. The second-order valence-electron chi connectivity index (χ2n) is 3.41. The number of halogens is 2. The van der Waals surface area contributed by atoms with E-state index in [1.54, 1.807) is 13.1 Å². The fourth-order valence-corrected chi connectivity index (χ4v) is 1.86. The zero-order chi connectivity index (χ0) is 12.4. The average Bonchev–Trinajstić information content (AvgIpc) is 2.33. The number of hydrogen-bond donors (Lipinski definition) is 1. The fourth-order valence-electron chi connectivity index (χ4n) is 1.35. The smallest absolute Gasteiger partial charge is 0.180 e. The zero-order valence-corrected chi connectivity index (χ0v) is 11.5. The van der Waals surface area contributed by atoms with Crippen LogP contribution in [0.25, 0.3) is 11.5 Å². The lowest BCUT2D eigenvalue weighted by Crippen LogP contribution is -2.03. The molecule has 0 spiro atoms. The molecule has 0 atom stereocenters. The summed E-state index contributed by atoms with van der Waals surface area (Å²) in [5.41, 5.74) is 1.42. The molecule has 0 radical (unpaired) electrons. The van der Waals surface area contributed by atoms with E-state index >= 15 is 0 Å². The predicted octanol–water partition coefficient (Wildman–Crippen LogP) is 2.63. The van der Waals surface area contributed by atoms with Gasteiger partial charge in [0, 0.05) is 7.05 Å². The number of pyridine rings is 1. The minimum Gasteiger partial charge on any atom is -0.372 e. The monoisotopic (exact) mass is 344 g/mol. The summed E-state index contributed by atoms with van der Waals surface area (Å²) in [6, 6.07) is 2.91. The van der Waals surface area contributed by atoms with Crippen molar-refractivity contribution in [3.8, 4) is 11.5 Å². The number of nitrogens with one attached hydrogen (secondary N) is 1. The molecular weight excluding hydrogens is 334 g/mol. The summed E-state index contributed by atoms with van der Waals surface area (Å²) >= 11 is 2.18. The number of anilines is 1. The van der Waals surface area contributed by atoms with Crippen LogP contribution >= 0.6 is 22.6 Å². The van der Waals surface area contributed by atoms with Crippen molar-refractivity contribution in [2.24, 2.45) is 0 Å². The van der Waals surface area contributed by atoms with Crippen LogP contribution in [0.2, 0.25) is 0 Å². The summed E-state index contributed by atoms with van der Waals surface area (Å²) < 4.78 is 13.7. The Balaban J connectivity index is 2.52. The van der Waals surface area contributed by atoms with Gasteiger partial charge in [-0.05, 0) is 41.6 Å². The molecule has 4 nitrogen and oxygen atoms in total. The number of nitrogens with zero attached hydrogens (tertiary/aromatic N) is 3.